The van der Waals surface area contributed by atoms with E-state index >= 15 is 0 Å². The molecule has 19 heavy (non-hydrogen) atoms. The zero-order chi connectivity index (χ0) is 14.0. The lowest BCUT2D eigenvalue weighted by Crippen LogP contribution is -1.95. The van der Waals surface area contributed by atoms with Gasteiger partial charge in [0.15, 0.2) is 0 Å². The lowest BCUT2D eigenvalue weighted by Gasteiger charge is -2.06. The fourth-order valence-corrected chi connectivity index (χ4v) is 3.23. The molecule has 0 heterocycles. The van der Waals surface area contributed by atoms with Crippen LogP contribution in [0.15, 0.2) is 50.7 Å². The van der Waals surface area contributed by atoms with Crippen molar-refractivity contribution < 1.29 is 9.90 Å². The van der Waals surface area contributed by atoms with Crippen molar-refractivity contribution in [2.24, 2.45) is 0 Å². The monoisotopic (exact) mass is 376 g/mol. The summed E-state index contributed by atoms with van der Waals surface area (Å²) in [5.41, 5.74) is 0.241. The molecule has 0 radical (unpaired) electrons. The predicted molar refractivity (Wildman–Crippen MR) is 81.7 cm³/mol. The van der Waals surface area contributed by atoms with Crippen molar-refractivity contribution in [3.8, 4) is 0 Å². The minimum atomic E-state index is -0.952. The summed E-state index contributed by atoms with van der Waals surface area (Å²) in [4.78, 5) is 12.7. The number of hydrogen-bond acceptors (Lipinski definition) is 2. The van der Waals surface area contributed by atoms with Gasteiger partial charge in [-0.3, -0.25) is 0 Å². The van der Waals surface area contributed by atoms with Gasteiger partial charge in [-0.25, -0.2) is 4.79 Å². The van der Waals surface area contributed by atoms with E-state index in [0.717, 1.165) is 14.3 Å². The van der Waals surface area contributed by atoms with Crippen LogP contribution in [0.3, 0.4) is 0 Å². The van der Waals surface area contributed by atoms with Gasteiger partial charge in [0.1, 0.15) is 0 Å². The van der Waals surface area contributed by atoms with Gasteiger partial charge in [0.05, 0.1) is 15.6 Å². The Bertz CT molecular complexity index is 647. The van der Waals surface area contributed by atoms with E-state index in [4.69, 9.17) is 28.3 Å². The summed E-state index contributed by atoms with van der Waals surface area (Å²) in [7, 11) is 0. The van der Waals surface area contributed by atoms with Gasteiger partial charge >= 0.3 is 5.97 Å². The molecule has 0 aromatic heterocycles. The van der Waals surface area contributed by atoms with Crippen molar-refractivity contribution in [1.82, 2.24) is 0 Å². The minimum Gasteiger partial charge on any atom is -0.478 e. The third-order valence-corrected chi connectivity index (χ3v) is 5.02. The Labute approximate surface area is 132 Å². The predicted octanol–water partition coefficient (Wildman–Crippen LogP) is 5.61. The summed E-state index contributed by atoms with van der Waals surface area (Å²) < 4.78 is 0.725. The Kier molecular flexibility index (Phi) is 4.79. The largest absolute Gasteiger partial charge is 0.478 e. The first-order valence-electron chi connectivity index (χ1n) is 5.13. The van der Waals surface area contributed by atoms with Crippen molar-refractivity contribution in [2.45, 2.75) is 9.79 Å². The summed E-state index contributed by atoms with van der Waals surface area (Å²) in [5, 5.41) is 9.89. The minimum absolute atomic E-state index is 0.241. The summed E-state index contributed by atoms with van der Waals surface area (Å²) in [5.74, 6) is -0.952. The van der Waals surface area contributed by atoms with E-state index in [1.165, 1.54) is 11.8 Å². The highest BCUT2D eigenvalue weighted by Gasteiger charge is 2.08. The van der Waals surface area contributed by atoms with E-state index in [0.29, 0.717) is 10.0 Å². The Morgan fingerprint density at radius 2 is 1.84 bits per heavy atom. The van der Waals surface area contributed by atoms with Gasteiger partial charge in [0, 0.05) is 14.3 Å². The zero-order valence-electron chi connectivity index (χ0n) is 9.36. The van der Waals surface area contributed by atoms with Crippen molar-refractivity contribution in [2.75, 3.05) is 0 Å². The molecular formula is C13H7BrCl2O2S. The Hall–Kier alpha value is -0.680. The number of hydrogen-bond donors (Lipinski definition) is 1. The maximum atomic E-state index is 10.8. The van der Waals surface area contributed by atoms with Crippen LogP contribution in [-0.4, -0.2) is 11.1 Å². The second-order valence-electron chi connectivity index (χ2n) is 3.63. The molecular weight excluding hydrogens is 371 g/mol. The highest BCUT2D eigenvalue weighted by Crippen LogP contribution is 2.36. The number of carboxylic acids is 1. The second-order valence-corrected chi connectivity index (χ2v) is 6.41. The smallest absolute Gasteiger partial charge is 0.335 e. The van der Waals surface area contributed by atoms with E-state index in [-0.39, 0.29) is 5.56 Å². The maximum Gasteiger partial charge on any atom is 0.335 e. The standard InChI is InChI=1S/C13H7BrCl2O2S/c14-9-5-7(13(17)18)1-4-12(9)19-8-2-3-10(15)11(16)6-8/h1-6H,(H,17,18). The van der Waals surface area contributed by atoms with Gasteiger partial charge in [-0.2, -0.15) is 0 Å². The van der Waals surface area contributed by atoms with E-state index in [2.05, 4.69) is 15.9 Å². The Balaban J connectivity index is 2.28. The lowest BCUT2D eigenvalue weighted by atomic mass is 10.2. The van der Waals surface area contributed by atoms with Gasteiger partial charge in [-0.1, -0.05) is 35.0 Å². The summed E-state index contributed by atoms with van der Waals surface area (Å²) >= 11 is 16.6. The molecule has 2 rings (SSSR count). The fraction of sp³-hybridized carbons (Fsp3) is 0. The molecule has 0 atom stereocenters. The molecule has 0 fully saturated rings. The molecule has 6 heteroatoms. The van der Waals surface area contributed by atoms with Crippen LogP contribution in [0.1, 0.15) is 10.4 Å². The van der Waals surface area contributed by atoms with Gasteiger partial charge in [-0.05, 0) is 52.3 Å². The van der Waals surface area contributed by atoms with Gasteiger partial charge in [0.2, 0.25) is 0 Å². The molecule has 0 saturated heterocycles. The first kappa shape index (κ1) is 14.7. The number of rotatable bonds is 3. The molecule has 0 aliphatic rings. The number of carboxylic acid groups (broad SMARTS) is 1. The number of halogens is 3. The molecule has 0 bridgehead atoms. The van der Waals surface area contributed by atoms with E-state index in [1.54, 1.807) is 30.3 Å². The molecule has 0 saturated carbocycles. The van der Waals surface area contributed by atoms with E-state index in [1.807, 2.05) is 6.07 Å². The molecule has 0 spiro atoms. The lowest BCUT2D eigenvalue weighted by molar-refractivity contribution is 0.0696. The van der Waals surface area contributed by atoms with Gasteiger partial charge in [0.25, 0.3) is 0 Å². The van der Waals surface area contributed by atoms with Crippen LogP contribution in [0.4, 0.5) is 0 Å². The topological polar surface area (TPSA) is 37.3 Å². The molecule has 0 amide bonds. The maximum absolute atomic E-state index is 10.8. The van der Waals surface area contributed by atoms with Crippen molar-refractivity contribution in [3.05, 3.63) is 56.5 Å². The molecule has 2 nitrogen and oxygen atoms in total. The summed E-state index contributed by atoms with van der Waals surface area (Å²) in [6.45, 7) is 0. The highest BCUT2D eigenvalue weighted by atomic mass is 79.9. The molecule has 2 aromatic rings. The van der Waals surface area contributed by atoms with Crippen molar-refractivity contribution in [3.63, 3.8) is 0 Å². The summed E-state index contributed by atoms with van der Waals surface area (Å²) in [6, 6.07) is 10.2. The highest BCUT2D eigenvalue weighted by molar-refractivity contribution is 9.10. The molecule has 0 aliphatic heterocycles. The van der Waals surface area contributed by atoms with Crippen LogP contribution in [-0.2, 0) is 0 Å². The van der Waals surface area contributed by atoms with Crippen molar-refractivity contribution in [1.29, 1.82) is 0 Å². The zero-order valence-corrected chi connectivity index (χ0v) is 13.3. The second kappa shape index (κ2) is 6.18. The van der Waals surface area contributed by atoms with E-state index < -0.39 is 5.97 Å². The normalized spacial score (nSPS) is 10.5. The third-order valence-electron chi connectivity index (χ3n) is 2.30. The number of aromatic carboxylic acids is 1. The number of benzene rings is 2. The van der Waals surface area contributed by atoms with Crippen LogP contribution < -0.4 is 0 Å². The molecule has 0 unspecified atom stereocenters. The average Bonchev–Trinajstić information content (AvgIpc) is 2.36. The first-order chi connectivity index (χ1) is 8.97. The third kappa shape index (κ3) is 3.66. The molecule has 0 aliphatic carbocycles. The first-order valence-corrected chi connectivity index (χ1v) is 7.49. The van der Waals surface area contributed by atoms with Crippen LogP contribution >= 0.6 is 50.9 Å². The van der Waals surface area contributed by atoms with Gasteiger partial charge in [-0.15, -0.1) is 0 Å². The summed E-state index contributed by atoms with van der Waals surface area (Å²) in [6.07, 6.45) is 0. The van der Waals surface area contributed by atoms with Crippen LogP contribution in [0.2, 0.25) is 10.0 Å². The van der Waals surface area contributed by atoms with Gasteiger partial charge < -0.3 is 5.11 Å². The average molecular weight is 378 g/mol. The quantitative estimate of drug-likeness (QED) is 0.755. The van der Waals surface area contributed by atoms with Crippen LogP contribution in [0, 0.1) is 0 Å². The molecule has 1 N–H and O–H groups in total. The van der Waals surface area contributed by atoms with Crippen LogP contribution in [0.5, 0.6) is 0 Å². The van der Waals surface area contributed by atoms with Crippen LogP contribution in [0.25, 0.3) is 0 Å². The fourth-order valence-electron chi connectivity index (χ4n) is 1.38. The van der Waals surface area contributed by atoms with E-state index in [9.17, 15) is 4.79 Å². The Morgan fingerprint density at radius 1 is 1.11 bits per heavy atom. The SMILES string of the molecule is O=C(O)c1ccc(Sc2ccc(Cl)c(Cl)c2)c(Br)c1. The Morgan fingerprint density at radius 3 is 2.42 bits per heavy atom. The molecule has 2 aromatic carbocycles. The molecule has 98 valence electrons. The number of carbonyl (C=O) groups is 1. The van der Waals surface area contributed by atoms with Crippen molar-refractivity contribution >= 4 is 56.9 Å².